The molecule has 0 saturated carbocycles. The quantitative estimate of drug-likeness (QED) is 0.299. The molecule has 186 valence electrons. The molecule has 1 aliphatic heterocycles. The first-order valence-electron chi connectivity index (χ1n) is 11.6. The van der Waals surface area contributed by atoms with Gasteiger partial charge in [0.25, 0.3) is 0 Å². The molecule has 3 unspecified atom stereocenters. The van der Waals surface area contributed by atoms with Crippen LogP contribution in [0.2, 0.25) is 23.2 Å². The van der Waals surface area contributed by atoms with Crippen LogP contribution < -0.4 is 10.1 Å². The minimum absolute atomic E-state index is 0.101. The fraction of sp³-hybridized carbons (Fsp3) is 0.500. The summed E-state index contributed by atoms with van der Waals surface area (Å²) in [5.74, 6) is 0.814. The number of methoxy groups -OCH3 is 1. The zero-order valence-electron chi connectivity index (χ0n) is 20.9. The second kappa shape index (κ2) is 11.5. The summed E-state index contributed by atoms with van der Waals surface area (Å²) in [6.07, 6.45) is -0.681. The first-order valence-corrected chi connectivity index (χ1v) is 15.2. The number of thiocarbonyl (C=S) groups is 1. The average Bonchev–Trinajstić information content (AvgIpc) is 3.09. The Hall–Kier alpha value is -1.48. The van der Waals surface area contributed by atoms with Crippen LogP contribution in [0.1, 0.15) is 31.9 Å². The van der Waals surface area contributed by atoms with Gasteiger partial charge < -0.3 is 24.0 Å². The lowest BCUT2D eigenvalue weighted by Crippen LogP contribution is -2.47. The van der Waals surface area contributed by atoms with Crippen LogP contribution in [0.15, 0.2) is 48.5 Å². The van der Waals surface area contributed by atoms with Crippen molar-refractivity contribution in [3.8, 4) is 5.75 Å². The number of benzene rings is 2. The molecule has 0 spiro atoms. The van der Waals surface area contributed by atoms with Crippen molar-refractivity contribution in [3.63, 3.8) is 0 Å². The van der Waals surface area contributed by atoms with Crippen LogP contribution in [0.5, 0.6) is 5.75 Å². The maximum absolute atomic E-state index is 6.51. The summed E-state index contributed by atoms with van der Waals surface area (Å²) in [5, 5.41) is 4.20. The third-order valence-corrected chi connectivity index (χ3v) is 11.9. The van der Waals surface area contributed by atoms with E-state index < -0.39 is 14.4 Å². The standard InChI is InChI=1S/C26H36ClNO4SSi/c1-26(2,3)34(5,6)32-17-22-23(30-15-18-11-13-20(29-4)14-12-18)24(25(33)28-22)31-16-19-9-7-8-10-21(19)27/h7-14,22-24H,15-17H2,1-6H3,(H,28,33). The van der Waals surface area contributed by atoms with Crippen LogP contribution in [0.4, 0.5) is 0 Å². The van der Waals surface area contributed by atoms with Crippen molar-refractivity contribution >= 4 is 37.1 Å². The SMILES string of the molecule is COc1ccc(COC2C(CO[Si](C)(C)C(C)(C)C)NC(=S)C2OCc2ccccc2Cl)cc1. The van der Waals surface area contributed by atoms with Crippen LogP contribution in [-0.2, 0) is 27.1 Å². The van der Waals surface area contributed by atoms with Gasteiger partial charge in [0, 0.05) is 5.02 Å². The van der Waals surface area contributed by atoms with Crippen molar-refractivity contribution in [2.75, 3.05) is 13.7 Å². The van der Waals surface area contributed by atoms with Crippen LogP contribution in [0, 0.1) is 0 Å². The predicted molar refractivity (Wildman–Crippen MR) is 144 cm³/mol. The van der Waals surface area contributed by atoms with E-state index >= 15 is 0 Å². The zero-order valence-corrected chi connectivity index (χ0v) is 23.5. The molecule has 0 amide bonds. The molecule has 0 radical (unpaired) electrons. The Morgan fingerprint density at radius 1 is 1.00 bits per heavy atom. The van der Waals surface area contributed by atoms with Gasteiger partial charge >= 0.3 is 0 Å². The highest BCUT2D eigenvalue weighted by atomic mass is 35.5. The highest BCUT2D eigenvalue weighted by Gasteiger charge is 2.44. The second-order valence-electron chi connectivity index (χ2n) is 10.1. The maximum atomic E-state index is 6.51. The summed E-state index contributed by atoms with van der Waals surface area (Å²) < 4.78 is 24.5. The molecule has 0 aromatic heterocycles. The molecule has 8 heteroatoms. The third-order valence-electron chi connectivity index (χ3n) is 6.69. The summed E-state index contributed by atoms with van der Waals surface area (Å²) in [6, 6.07) is 15.4. The summed E-state index contributed by atoms with van der Waals surface area (Å²) in [7, 11) is -0.276. The molecular formula is C26H36ClNO4SSi. The van der Waals surface area contributed by atoms with E-state index in [1.165, 1.54) is 0 Å². The van der Waals surface area contributed by atoms with E-state index in [2.05, 4.69) is 39.2 Å². The summed E-state index contributed by atoms with van der Waals surface area (Å²) >= 11 is 12.0. The van der Waals surface area contributed by atoms with Gasteiger partial charge in [0.2, 0.25) is 0 Å². The van der Waals surface area contributed by atoms with Crippen LogP contribution >= 0.6 is 23.8 Å². The Morgan fingerprint density at radius 3 is 2.29 bits per heavy atom. The molecule has 3 rings (SSSR count). The normalized spacial score (nSPS) is 20.9. The zero-order chi connectivity index (χ0) is 24.9. The number of halogens is 1. The fourth-order valence-electron chi connectivity index (χ4n) is 3.44. The molecule has 1 N–H and O–H groups in total. The second-order valence-corrected chi connectivity index (χ2v) is 15.8. The largest absolute Gasteiger partial charge is 0.497 e. The summed E-state index contributed by atoms with van der Waals surface area (Å²) in [5.41, 5.74) is 1.97. The van der Waals surface area contributed by atoms with E-state index in [9.17, 15) is 0 Å². The lowest BCUT2D eigenvalue weighted by molar-refractivity contribution is -0.0610. The first-order chi connectivity index (χ1) is 16.0. The molecule has 5 nitrogen and oxygen atoms in total. The smallest absolute Gasteiger partial charge is 0.192 e. The number of hydrogen-bond acceptors (Lipinski definition) is 5. The Kier molecular flexibility index (Phi) is 9.17. The van der Waals surface area contributed by atoms with Gasteiger partial charge in [-0.25, -0.2) is 0 Å². The molecule has 0 aliphatic carbocycles. The van der Waals surface area contributed by atoms with Crippen molar-refractivity contribution < 1.29 is 18.6 Å². The lowest BCUT2D eigenvalue weighted by atomic mass is 10.1. The Balaban J connectivity index is 1.73. The Morgan fingerprint density at radius 2 is 1.68 bits per heavy atom. The highest BCUT2D eigenvalue weighted by molar-refractivity contribution is 7.80. The molecule has 1 aliphatic rings. The van der Waals surface area contributed by atoms with E-state index in [1.54, 1.807) is 7.11 Å². The van der Waals surface area contributed by atoms with Crippen molar-refractivity contribution in [2.45, 2.75) is 70.4 Å². The van der Waals surface area contributed by atoms with Crippen molar-refractivity contribution in [2.24, 2.45) is 0 Å². The van der Waals surface area contributed by atoms with Gasteiger partial charge in [-0.1, -0.05) is 74.9 Å². The number of rotatable bonds is 10. The fourth-order valence-corrected chi connectivity index (χ4v) is 5.01. The molecular weight excluding hydrogens is 486 g/mol. The van der Waals surface area contributed by atoms with E-state index in [0.29, 0.717) is 29.8 Å². The first kappa shape index (κ1) is 27.1. The molecule has 2 aromatic carbocycles. The van der Waals surface area contributed by atoms with Gasteiger partial charge in [0.05, 0.1) is 33.0 Å². The Labute approximate surface area is 215 Å². The lowest BCUT2D eigenvalue weighted by Gasteiger charge is -2.37. The average molecular weight is 522 g/mol. The van der Waals surface area contributed by atoms with Gasteiger partial charge in [0.1, 0.15) is 22.9 Å². The highest BCUT2D eigenvalue weighted by Crippen LogP contribution is 2.37. The molecule has 34 heavy (non-hydrogen) atoms. The topological polar surface area (TPSA) is 49.0 Å². The van der Waals surface area contributed by atoms with Gasteiger partial charge in [-0.15, -0.1) is 0 Å². The summed E-state index contributed by atoms with van der Waals surface area (Å²) in [6.45, 7) is 12.5. The number of hydrogen-bond donors (Lipinski definition) is 1. The van der Waals surface area contributed by atoms with Crippen molar-refractivity contribution in [3.05, 3.63) is 64.7 Å². The minimum Gasteiger partial charge on any atom is -0.497 e. The molecule has 1 heterocycles. The van der Waals surface area contributed by atoms with E-state index in [0.717, 1.165) is 16.9 Å². The van der Waals surface area contributed by atoms with Crippen molar-refractivity contribution in [1.29, 1.82) is 0 Å². The molecule has 1 fully saturated rings. The molecule has 2 aromatic rings. The number of ether oxygens (including phenoxy) is 3. The van der Waals surface area contributed by atoms with E-state index in [4.69, 9.17) is 42.5 Å². The summed E-state index contributed by atoms with van der Waals surface area (Å²) in [4.78, 5) is 0.635. The van der Waals surface area contributed by atoms with Gasteiger partial charge in [0.15, 0.2) is 8.32 Å². The molecule has 0 bridgehead atoms. The van der Waals surface area contributed by atoms with Gasteiger partial charge in [-0.05, 0) is 47.5 Å². The monoisotopic (exact) mass is 521 g/mol. The van der Waals surface area contributed by atoms with Crippen LogP contribution in [0.3, 0.4) is 0 Å². The third kappa shape index (κ3) is 6.80. The van der Waals surface area contributed by atoms with Crippen molar-refractivity contribution in [1.82, 2.24) is 5.32 Å². The minimum atomic E-state index is -1.93. The van der Waals surface area contributed by atoms with E-state index in [-0.39, 0.29) is 17.2 Å². The van der Waals surface area contributed by atoms with E-state index in [1.807, 2.05) is 48.5 Å². The van der Waals surface area contributed by atoms with Gasteiger partial charge in [-0.2, -0.15) is 0 Å². The Bertz CT molecular complexity index is 964. The predicted octanol–water partition coefficient (Wildman–Crippen LogP) is 6.14. The van der Waals surface area contributed by atoms with Gasteiger partial charge in [-0.3, -0.25) is 0 Å². The molecule has 3 atom stereocenters. The molecule has 1 saturated heterocycles. The van der Waals surface area contributed by atoms with Crippen LogP contribution in [0.25, 0.3) is 0 Å². The maximum Gasteiger partial charge on any atom is 0.192 e. The van der Waals surface area contributed by atoms with Crippen LogP contribution in [-0.4, -0.2) is 45.3 Å². The number of nitrogens with one attached hydrogen (secondary N) is 1.